The molecule has 9 heteroatoms. The Morgan fingerprint density at radius 2 is 1.92 bits per heavy atom. The van der Waals surface area contributed by atoms with Gasteiger partial charge in [-0.15, -0.1) is 17.9 Å². The van der Waals surface area contributed by atoms with Crippen LogP contribution in [0.25, 0.3) is 11.3 Å². The molecule has 0 aliphatic rings. The molecule has 1 amide bonds. The third-order valence-electron chi connectivity index (χ3n) is 4.98. The van der Waals surface area contributed by atoms with Crippen LogP contribution in [0.1, 0.15) is 37.6 Å². The first-order valence-corrected chi connectivity index (χ1v) is 14.8. The van der Waals surface area contributed by atoms with Gasteiger partial charge in [-0.05, 0) is 48.9 Å². The molecule has 3 N–H and O–H groups in total. The third-order valence-corrected chi connectivity index (χ3v) is 7.62. The zero-order chi connectivity index (χ0) is 27.2. The molecule has 3 rings (SSSR count). The molecule has 5 nitrogen and oxygen atoms in total. The van der Waals surface area contributed by atoms with Crippen molar-refractivity contribution in [2.75, 3.05) is 23.7 Å². The Hall–Kier alpha value is -2.03. The molecule has 0 atom stereocenters. The van der Waals surface area contributed by atoms with E-state index in [9.17, 15) is 4.79 Å². The fourth-order valence-corrected chi connectivity index (χ4v) is 5.66. The lowest BCUT2D eigenvalue weighted by Gasteiger charge is -2.22. The van der Waals surface area contributed by atoms with Gasteiger partial charge in [0.2, 0.25) is 5.91 Å². The summed E-state index contributed by atoms with van der Waals surface area (Å²) in [5.41, 5.74) is 8.59. The van der Waals surface area contributed by atoms with Crippen LogP contribution in [-0.4, -0.2) is 29.7 Å². The van der Waals surface area contributed by atoms with Crippen LogP contribution in [0.5, 0.6) is 0 Å². The molecule has 3 aromatic rings. The smallest absolute Gasteiger partial charge is 0.231 e. The van der Waals surface area contributed by atoms with Gasteiger partial charge in [0.1, 0.15) is 0 Å². The Labute approximate surface area is 239 Å². The molecule has 0 unspecified atom stereocenters. The molecule has 0 fully saturated rings. The van der Waals surface area contributed by atoms with Gasteiger partial charge in [0.05, 0.1) is 15.7 Å². The van der Waals surface area contributed by atoms with E-state index in [0.717, 1.165) is 41.7 Å². The van der Waals surface area contributed by atoms with Crippen LogP contribution >= 0.6 is 46.5 Å². The van der Waals surface area contributed by atoms with Gasteiger partial charge in [0.25, 0.3) is 0 Å². The number of aromatic nitrogens is 1. The second kappa shape index (κ2) is 16.7. The molecule has 0 aliphatic heterocycles. The lowest BCUT2D eigenvalue weighted by Crippen LogP contribution is -2.27. The van der Waals surface area contributed by atoms with Gasteiger partial charge in [-0.25, -0.2) is 4.98 Å². The van der Waals surface area contributed by atoms with E-state index in [4.69, 9.17) is 33.9 Å². The standard InChI is InChI=1S/C25H30Cl2N4OS2.C3H6/c1-17(2)14-22-24(19-8-9-20(26)21(27)15-19)29-25(34-22)31(16-18-6-4-3-5-7-18)12-13-33-30-23(32)10-11-28;1-3-2/h3-9,15,17H,10-14,16,28H2,1-2H3,(H,30,32);3H,1H2,2H3. The maximum absolute atomic E-state index is 11.8. The maximum Gasteiger partial charge on any atom is 0.231 e. The summed E-state index contributed by atoms with van der Waals surface area (Å²) in [5.74, 6) is 1.17. The van der Waals surface area contributed by atoms with Gasteiger partial charge in [-0.1, -0.05) is 79.5 Å². The molecular weight excluding hydrogens is 543 g/mol. The van der Waals surface area contributed by atoms with Crippen LogP contribution in [0.15, 0.2) is 61.2 Å². The second-order valence-corrected chi connectivity index (χ2v) is 11.5. The first-order valence-electron chi connectivity index (χ1n) is 12.2. The molecule has 0 saturated carbocycles. The van der Waals surface area contributed by atoms with Crippen molar-refractivity contribution in [1.82, 2.24) is 9.71 Å². The highest BCUT2D eigenvalue weighted by Crippen LogP contribution is 2.37. The van der Waals surface area contributed by atoms with Gasteiger partial charge in [-0.3, -0.25) is 4.79 Å². The fourth-order valence-electron chi connectivity index (χ4n) is 3.37. The highest BCUT2D eigenvalue weighted by molar-refractivity contribution is 7.97. The number of amides is 1. The Morgan fingerprint density at radius 3 is 2.54 bits per heavy atom. The van der Waals surface area contributed by atoms with Crippen LogP contribution in [0.4, 0.5) is 5.13 Å². The summed E-state index contributed by atoms with van der Waals surface area (Å²) in [4.78, 5) is 20.3. The molecule has 0 spiro atoms. The van der Waals surface area contributed by atoms with Gasteiger partial charge in [-0.2, -0.15) is 0 Å². The van der Waals surface area contributed by atoms with E-state index in [-0.39, 0.29) is 5.91 Å². The first kappa shape index (κ1) is 31.2. The summed E-state index contributed by atoms with van der Waals surface area (Å²) in [5, 5.41) is 2.01. The number of benzene rings is 2. The number of allylic oxidation sites excluding steroid dienone is 1. The van der Waals surface area contributed by atoms with Crippen LogP contribution in [-0.2, 0) is 17.8 Å². The summed E-state index contributed by atoms with van der Waals surface area (Å²) in [6.07, 6.45) is 3.01. The number of hydrogen-bond donors (Lipinski definition) is 2. The van der Waals surface area contributed by atoms with Crippen molar-refractivity contribution < 1.29 is 4.79 Å². The Bertz CT molecular complexity index is 1120. The van der Waals surface area contributed by atoms with Gasteiger partial charge < -0.3 is 15.4 Å². The van der Waals surface area contributed by atoms with E-state index in [1.165, 1.54) is 22.4 Å². The number of anilines is 1. The maximum atomic E-state index is 11.8. The summed E-state index contributed by atoms with van der Waals surface area (Å²) in [7, 11) is 0. The van der Waals surface area contributed by atoms with Crippen molar-refractivity contribution in [3.05, 3.63) is 81.7 Å². The van der Waals surface area contributed by atoms with Crippen molar-refractivity contribution in [2.24, 2.45) is 11.7 Å². The van der Waals surface area contributed by atoms with Crippen molar-refractivity contribution in [3.63, 3.8) is 0 Å². The zero-order valence-electron chi connectivity index (χ0n) is 21.7. The number of hydrogen-bond acceptors (Lipinski definition) is 6. The van der Waals surface area contributed by atoms with E-state index in [1.807, 2.05) is 43.3 Å². The van der Waals surface area contributed by atoms with Gasteiger partial charge in [0.15, 0.2) is 5.13 Å². The highest BCUT2D eigenvalue weighted by atomic mass is 35.5. The van der Waals surface area contributed by atoms with E-state index in [2.05, 4.69) is 42.2 Å². The minimum absolute atomic E-state index is 0.0440. The van der Waals surface area contributed by atoms with E-state index < -0.39 is 0 Å². The number of nitrogens with two attached hydrogens (primary N) is 1. The summed E-state index contributed by atoms with van der Waals surface area (Å²) in [6, 6.07) is 16.0. The number of nitrogens with zero attached hydrogens (tertiary/aromatic N) is 2. The molecule has 0 bridgehead atoms. The quantitative estimate of drug-likeness (QED) is 0.131. The lowest BCUT2D eigenvalue weighted by molar-refractivity contribution is -0.119. The minimum atomic E-state index is -0.0440. The van der Waals surface area contributed by atoms with E-state index >= 15 is 0 Å². The van der Waals surface area contributed by atoms with Crippen LogP contribution in [0.3, 0.4) is 0 Å². The predicted octanol–water partition coefficient (Wildman–Crippen LogP) is 7.63. The normalized spacial score (nSPS) is 10.6. The van der Waals surface area contributed by atoms with Crippen molar-refractivity contribution in [3.8, 4) is 11.3 Å². The molecular formula is C28H36Cl2N4OS2. The van der Waals surface area contributed by atoms with Crippen LogP contribution in [0.2, 0.25) is 10.0 Å². The van der Waals surface area contributed by atoms with Crippen LogP contribution < -0.4 is 15.4 Å². The number of thiazole rings is 1. The molecule has 0 radical (unpaired) electrons. The third kappa shape index (κ3) is 10.7. The topological polar surface area (TPSA) is 71.2 Å². The number of carbonyl (C=O) groups is 1. The molecule has 2 aromatic carbocycles. The summed E-state index contributed by atoms with van der Waals surface area (Å²) >= 11 is 15.6. The predicted molar refractivity (Wildman–Crippen MR) is 164 cm³/mol. The molecule has 1 aromatic heterocycles. The molecule has 37 heavy (non-hydrogen) atoms. The number of carbonyl (C=O) groups excluding carboxylic acids is 1. The molecule has 0 aliphatic carbocycles. The van der Waals surface area contributed by atoms with Crippen LogP contribution in [0, 0.1) is 5.92 Å². The summed E-state index contributed by atoms with van der Waals surface area (Å²) in [6.45, 7) is 11.5. The SMILES string of the molecule is C=CC.CC(C)Cc1sc(N(CCSNC(=O)CCN)Cc2ccccc2)nc1-c1ccc(Cl)c(Cl)c1. The lowest BCUT2D eigenvalue weighted by atomic mass is 10.0. The zero-order valence-corrected chi connectivity index (χ0v) is 24.8. The molecule has 200 valence electrons. The van der Waals surface area contributed by atoms with Gasteiger partial charge in [0, 0.05) is 42.2 Å². The number of nitrogens with one attached hydrogen (secondary N) is 1. The average Bonchev–Trinajstić information content (AvgIpc) is 3.27. The van der Waals surface area contributed by atoms with Crippen molar-refractivity contribution in [1.29, 1.82) is 0 Å². The van der Waals surface area contributed by atoms with Crippen molar-refractivity contribution >= 4 is 57.5 Å². The van der Waals surface area contributed by atoms with Gasteiger partial charge >= 0.3 is 0 Å². The molecule has 1 heterocycles. The van der Waals surface area contributed by atoms with E-state index in [1.54, 1.807) is 17.4 Å². The Kier molecular flexibility index (Phi) is 14.1. The monoisotopic (exact) mass is 578 g/mol. The number of halogens is 2. The Morgan fingerprint density at radius 1 is 1.22 bits per heavy atom. The minimum Gasteiger partial charge on any atom is -0.343 e. The highest BCUT2D eigenvalue weighted by Gasteiger charge is 2.19. The second-order valence-electron chi connectivity index (χ2n) is 8.72. The van der Waals surface area contributed by atoms with E-state index in [0.29, 0.717) is 28.9 Å². The van der Waals surface area contributed by atoms with Crippen molar-refractivity contribution in [2.45, 2.75) is 40.2 Å². The largest absolute Gasteiger partial charge is 0.343 e. The fraction of sp³-hybridized carbons (Fsp3) is 0.357. The Balaban J connectivity index is 0.00000153. The average molecular weight is 580 g/mol. The number of rotatable bonds is 12. The first-order chi connectivity index (χ1) is 17.8. The molecule has 0 saturated heterocycles. The summed E-state index contributed by atoms with van der Waals surface area (Å²) < 4.78 is 2.86.